The van der Waals surface area contributed by atoms with Crippen LogP contribution in [-0.4, -0.2) is 36.2 Å². The van der Waals surface area contributed by atoms with Crippen molar-refractivity contribution in [2.24, 2.45) is 5.73 Å². The number of ether oxygens (including phenoxy) is 1. The van der Waals surface area contributed by atoms with Crippen molar-refractivity contribution in [1.82, 2.24) is 4.90 Å². The summed E-state index contributed by atoms with van der Waals surface area (Å²) in [5, 5.41) is 7.22. The molecule has 2 unspecified atom stereocenters. The molecule has 0 aliphatic carbocycles. The molecule has 1 aliphatic heterocycles. The summed E-state index contributed by atoms with van der Waals surface area (Å²) in [5.74, 6) is 0.145. The lowest BCUT2D eigenvalue weighted by atomic mass is 10.2. The molecule has 0 aromatic carbocycles. The molecule has 72 valence electrons. The van der Waals surface area contributed by atoms with Gasteiger partial charge in [-0.1, -0.05) is 0 Å². The normalized spacial score (nSPS) is 29.3. The lowest BCUT2D eigenvalue weighted by molar-refractivity contribution is -0.0485. The molecule has 4 nitrogen and oxygen atoms in total. The molecule has 3 N–H and O–H groups in total. The molecule has 0 aromatic heterocycles. The molecule has 5 heteroatoms. The zero-order valence-corrected chi connectivity index (χ0v) is 9.12. The number of hydrogen-bond donors (Lipinski definition) is 2. The summed E-state index contributed by atoms with van der Waals surface area (Å²) in [6.07, 6.45) is 0.366. The van der Waals surface area contributed by atoms with Crippen LogP contribution >= 0.6 is 17.0 Å². The Labute approximate surface area is 83.3 Å². The van der Waals surface area contributed by atoms with Gasteiger partial charge < -0.3 is 15.4 Å². The van der Waals surface area contributed by atoms with Crippen molar-refractivity contribution in [1.29, 1.82) is 5.41 Å². The van der Waals surface area contributed by atoms with Crippen LogP contribution in [-0.2, 0) is 4.74 Å². The van der Waals surface area contributed by atoms with Gasteiger partial charge in [-0.05, 0) is 13.8 Å². The molecule has 0 bridgehead atoms. The van der Waals surface area contributed by atoms with Crippen LogP contribution in [0.1, 0.15) is 13.8 Å². The standard InChI is InChI=1S/C7H15N3O.BrH/c1-5-3-10(7(8)9)4-6(2)11-5;/h5-6H,3-4H2,1-2H3,(H3,8,9);1H. The van der Waals surface area contributed by atoms with Gasteiger partial charge in [-0.3, -0.25) is 5.41 Å². The first-order valence-electron chi connectivity index (χ1n) is 3.84. The third kappa shape index (κ3) is 2.98. The molecule has 1 rings (SSSR count). The van der Waals surface area contributed by atoms with Crippen LogP contribution in [0.15, 0.2) is 0 Å². The summed E-state index contributed by atoms with van der Waals surface area (Å²) in [6, 6.07) is 0. The molecule has 0 amide bonds. The SMILES string of the molecule is Br.CC1CN(C(=N)N)CC(C)O1. The first-order chi connectivity index (χ1) is 5.09. The van der Waals surface area contributed by atoms with Crippen molar-refractivity contribution in [2.75, 3.05) is 13.1 Å². The molecule has 0 radical (unpaired) electrons. The van der Waals surface area contributed by atoms with Gasteiger partial charge in [0.25, 0.3) is 0 Å². The largest absolute Gasteiger partial charge is 0.372 e. The lowest BCUT2D eigenvalue weighted by Gasteiger charge is -2.35. The minimum absolute atomic E-state index is 0. The van der Waals surface area contributed by atoms with Crippen LogP contribution in [0.5, 0.6) is 0 Å². The highest BCUT2D eigenvalue weighted by molar-refractivity contribution is 8.93. The van der Waals surface area contributed by atoms with Gasteiger partial charge >= 0.3 is 0 Å². The lowest BCUT2D eigenvalue weighted by Crippen LogP contribution is -2.50. The third-order valence-electron chi connectivity index (χ3n) is 1.76. The van der Waals surface area contributed by atoms with Gasteiger partial charge in [-0.2, -0.15) is 0 Å². The zero-order valence-electron chi connectivity index (χ0n) is 7.41. The van der Waals surface area contributed by atoms with Crippen LogP contribution in [0.3, 0.4) is 0 Å². The van der Waals surface area contributed by atoms with Crippen molar-refractivity contribution >= 4 is 22.9 Å². The average Bonchev–Trinajstić information content (AvgIpc) is 1.85. The topological polar surface area (TPSA) is 62.3 Å². The number of hydrogen-bond acceptors (Lipinski definition) is 2. The Kier molecular flexibility index (Phi) is 4.55. The molecule has 1 saturated heterocycles. The number of morpholine rings is 1. The maximum atomic E-state index is 7.22. The van der Waals surface area contributed by atoms with Crippen LogP contribution in [0, 0.1) is 5.41 Å². The monoisotopic (exact) mass is 237 g/mol. The van der Waals surface area contributed by atoms with Crippen LogP contribution in [0.4, 0.5) is 0 Å². The van der Waals surface area contributed by atoms with Crippen molar-refractivity contribution in [2.45, 2.75) is 26.1 Å². The van der Waals surface area contributed by atoms with Gasteiger partial charge in [-0.25, -0.2) is 0 Å². The van der Waals surface area contributed by atoms with Gasteiger partial charge in [0.15, 0.2) is 5.96 Å². The highest BCUT2D eigenvalue weighted by Gasteiger charge is 2.22. The van der Waals surface area contributed by atoms with E-state index in [4.69, 9.17) is 15.9 Å². The zero-order chi connectivity index (χ0) is 8.43. The average molecular weight is 238 g/mol. The summed E-state index contributed by atoms with van der Waals surface area (Å²) in [7, 11) is 0. The fourth-order valence-corrected chi connectivity index (χ4v) is 1.37. The number of guanidine groups is 1. The van der Waals surface area contributed by atoms with E-state index in [0.29, 0.717) is 0 Å². The van der Waals surface area contributed by atoms with E-state index in [9.17, 15) is 0 Å². The van der Waals surface area contributed by atoms with Crippen molar-refractivity contribution in [3.05, 3.63) is 0 Å². The van der Waals surface area contributed by atoms with E-state index in [1.165, 1.54) is 0 Å². The van der Waals surface area contributed by atoms with E-state index in [0.717, 1.165) is 13.1 Å². The quantitative estimate of drug-likeness (QED) is 0.479. The molecule has 1 aliphatic rings. The minimum atomic E-state index is 0. The Morgan fingerprint density at radius 2 is 1.83 bits per heavy atom. The van der Waals surface area contributed by atoms with Gasteiger partial charge in [0.05, 0.1) is 12.2 Å². The van der Waals surface area contributed by atoms with E-state index >= 15 is 0 Å². The second-order valence-corrected chi connectivity index (χ2v) is 3.05. The summed E-state index contributed by atoms with van der Waals surface area (Å²) >= 11 is 0. The van der Waals surface area contributed by atoms with Crippen molar-refractivity contribution < 1.29 is 4.74 Å². The van der Waals surface area contributed by atoms with E-state index in [1.807, 2.05) is 18.7 Å². The number of halogens is 1. The highest BCUT2D eigenvalue weighted by atomic mass is 79.9. The summed E-state index contributed by atoms with van der Waals surface area (Å²) in [4.78, 5) is 1.83. The number of nitrogens with one attached hydrogen (secondary N) is 1. The number of nitrogens with two attached hydrogens (primary N) is 1. The second-order valence-electron chi connectivity index (χ2n) is 3.05. The second kappa shape index (κ2) is 4.67. The van der Waals surface area contributed by atoms with E-state index in [2.05, 4.69) is 0 Å². The molecular weight excluding hydrogens is 222 g/mol. The van der Waals surface area contributed by atoms with Crippen LogP contribution in [0.25, 0.3) is 0 Å². The fourth-order valence-electron chi connectivity index (χ4n) is 1.37. The Balaban J connectivity index is 0.00000121. The summed E-state index contributed by atoms with van der Waals surface area (Å²) in [5.41, 5.74) is 5.35. The predicted molar refractivity (Wildman–Crippen MR) is 53.8 cm³/mol. The first kappa shape index (κ1) is 11.7. The summed E-state index contributed by atoms with van der Waals surface area (Å²) in [6.45, 7) is 5.45. The minimum Gasteiger partial charge on any atom is -0.372 e. The maximum Gasteiger partial charge on any atom is 0.188 e. The number of rotatable bonds is 0. The smallest absolute Gasteiger partial charge is 0.188 e. The predicted octanol–water partition coefficient (Wildman–Crippen LogP) is 0.567. The van der Waals surface area contributed by atoms with Gasteiger partial charge in [0.1, 0.15) is 0 Å². The molecule has 0 saturated carbocycles. The first-order valence-corrected chi connectivity index (χ1v) is 3.84. The molecule has 0 aromatic rings. The number of nitrogens with zero attached hydrogens (tertiary/aromatic N) is 1. The molecular formula is C7H16BrN3O. The highest BCUT2D eigenvalue weighted by Crippen LogP contribution is 2.09. The van der Waals surface area contributed by atoms with Gasteiger partial charge in [0.2, 0.25) is 0 Å². The molecule has 0 spiro atoms. The van der Waals surface area contributed by atoms with E-state index in [-0.39, 0.29) is 35.1 Å². The molecule has 12 heavy (non-hydrogen) atoms. The van der Waals surface area contributed by atoms with Gasteiger partial charge in [0, 0.05) is 13.1 Å². The maximum absolute atomic E-state index is 7.22. The Morgan fingerprint density at radius 1 is 1.42 bits per heavy atom. The Bertz CT molecular complexity index is 155. The van der Waals surface area contributed by atoms with Gasteiger partial charge in [-0.15, -0.1) is 17.0 Å². The fraction of sp³-hybridized carbons (Fsp3) is 0.857. The van der Waals surface area contributed by atoms with Crippen molar-refractivity contribution in [3.8, 4) is 0 Å². The Morgan fingerprint density at radius 3 is 2.17 bits per heavy atom. The van der Waals surface area contributed by atoms with Crippen LogP contribution < -0.4 is 5.73 Å². The summed E-state index contributed by atoms with van der Waals surface area (Å²) < 4.78 is 5.47. The third-order valence-corrected chi connectivity index (χ3v) is 1.76. The van der Waals surface area contributed by atoms with Crippen LogP contribution in [0.2, 0.25) is 0 Å². The van der Waals surface area contributed by atoms with E-state index < -0.39 is 0 Å². The molecule has 2 atom stereocenters. The van der Waals surface area contributed by atoms with Crippen molar-refractivity contribution in [3.63, 3.8) is 0 Å². The van der Waals surface area contributed by atoms with E-state index in [1.54, 1.807) is 0 Å². The molecule has 1 heterocycles. The molecule has 1 fully saturated rings. The Hall–Kier alpha value is -0.290.